The molecule has 3 aromatic rings. The van der Waals surface area contributed by atoms with Crippen LogP contribution in [0.25, 0.3) is 10.9 Å². The Bertz CT molecular complexity index is 1080. The highest BCUT2D eigenvalue weighted by Gasteiger charge is 2.48. The molecule has 4 heteroatoms. The molecule has 3 heterocycles. The molecule has 0 aliphatic carbocycles. The molecule has 0 radical (unpaired) electrons. The van der Waals surface area contributed by atoms with Crippen LogP contribution in [0.3, 0.4) is 0 Å². The second-order valence-corrected chi connectivity index (χ2v) is 7.66. The summed E-state index contributed by atoms with van der Waals surface area (Å²) in [7, 11) is 2.10. The van der Waals surface area contributed by atoms with Crippen LogP contribution in [0.4, 0.5) is 0 Å². The van der Waals surface area contributed by atoms with Gasteiger partial charge in [-0.25, -0.2) is 0 Å². The fourth-order valence-electron chi connectivity index (χ4n) is 5.08. The third kappa shape index (κ3) is 2.35. The third-order valence-electron chi connectivity index (χ3n) is 6.29. The van der Waals surface area contributed by atoms with Gasteiger partial charge < -0.3 is 4.57 Å². The fraction of sp³-hybridized carbons (Fsp3) is 0.304. The van der Waals surface area contributed by atoms with Crippen molar-refractivity contribution in [3.63, 3.8) is 0 Å². The molecule has 5 rings (SSSR count). The van der Waals surface area contributed by atoms with Gasteiger partial charge in [-0.1, -0.05) is 48.5 Å². The van der Waals surface area contributed by atoms with Gasteiger partial charge in [0.25, 0.3) is 0 Å². The molecule has 0 unspecified atom stereocenters. The molecule has 2 aromatic carbocycles. The minimum atomic E-state index is -0.544. The van der Waals surface area contributed by atoms with E-state index in [-0.39, 0.29) is 17.9 Å². The molecule has 0 amide bonds. The number of carbonyl (C=O) groups excluding carboxylic acids is 1. The summed E-state index contributed by atoms with van der Waals surface area (Å²) in [4.78, 5) is 15.1. The number of benzene rings is 2. The Hall–Kier alpha value is -2.90. The number of aryl methyl sites for hydroxylation is 1. The number of hydrogen-bond acceptors (Lipinski definition) is 3. The van der Waals surface area contributed by atoms with Crippen molar-refractivity contribution < 1.29 is 4.79 Å². The highest BCUT2D eigenvalue weighted by atomic mass is 16.1. The van der Waals surface area contributed by atoms with E-state index >= 15 is 0 Å². The van der Waals surface area contributed by atoms with Crippen LogP contribution in [0.2, 0.25) is 0 Å². The Morgan fingerprint density at radius 1 is 1.07 bits per heavy atom. The van der Waals surface area contributed by atoms with E-state index in [1.807, 2.05) is 18.2 Å². The van der Waals surface area contributed by atoms with E-state index in [4.69, 9.17) is 0 Å². The molecule has 0 spiro atoms. The molecule has 0 saturated carbocycles. The molecule has 2 aliphatic rings. The smallest absolute Gasteiger partial charge is 0.153 e. The first-order valence-electron chi connectivity index (χ1n) is 9.47. The Kier molecular flexibility index (Phi) is 3.66. The third-order valence-corrected chi connectivity index (χ3v) is 6.29. The van der Waals surface area contributed by atoms with Crippen molar-refractivity contribution in [3.8, 4) is 6.07 Å². The number of rotatable bonds is 2. The molecule has 2 bridgehead atoms. The second kappa shape index (κ2) is 6.07. The van der Waals surface area contributed by atoms with Crippen LogP contribution in [0.1, 0.15) is 29.3 Å². The Labute approximate surface area is 158 Å². The van der Waals surface area contributed by atoms with Gasteiger partial charge in [0.2, 0.25) is 0 Å². The zero-order valence-corrected chi connectivity index (χ0v) is 15.3. The van der Waals surface area contributed by atoms with E-state index in [0.717, 1.165) is 13.0 Å². The zero-order valence-electron chi connectivity index (χ0n) is 15.3. The van der Waals surface area contributed by atoms with Crippen LogP contribution in [0.15, 0.2) is 54.6 Å². The van der Waals surface area contributed by atoms with E-state index in [9.17, 15) is 10.1 Å². The maximum atomic E-state index is 12.7. The molecular formula is C23H21N3O. The number of piperidine rings is 1. The van der Waals surface area contributed by atoms with Crippen LogP contribution >= 0.6 is 0 Å². The summed E-state index contributed by atoms with van der Waals surface area (Å²) in [5.41, 5.74) is 4.99. The fourth-order valence-corrected chi connectivity index (χ4v) is 5.08. The van der Waals surface area contributed by atoms with Crippen LogP contribution in [-0.2, 0) is 24.8 Å². The van der Waals surface area contributed by atoms with Crippen molar-refractivity contribution >= 4 is 16.7 Å². The molecule has 1 fully saturated rings. The summed E-state index contributed by atoms with van der Waals surface area (Å²) >= 11 is 0. The maximum Gasteiger partial charge on any atom is 0.153 e. The van der Waals surface area contributed by atoms with E-state index in [2.05, 4.69) is 59.0 Å². The van der Waals surface area contributed by atoms with Crippen molar-refractivity contribution in [2.24, 2.45) is 13.0 Å². The molecule has 134 valence electrons. The first-order chi connectivity index (χ1) is 13.2. The van der Waals surface area contributed by atoms with Crippen molar-refractivity contribution in [1.82, 2.24) is 9.47 Å². The Morgan fingerprint density at radius 3 is 2.59 bits per heavy atom. The lowest BCUT2D eigenvalue weighted by Crippen LogP contribution is -2.54. The molecule has 2 aliphatic heterocycles. The number of ketones is 1. The average molecular weight is 355 g/mol. The summed E-state index contributed by atoms with van der Waals surface area (Å²) in [6, 6.07) is 21.1. The Balaban J connectivity index is 1.68. The summed E-state index contributed by atoms with van der Waals surface area (Å²) in [6.45, 7) is 0.766. The van der Waals surface area contributed by atoms with Gasteiger partial charge in [0.15, 0.2) is 5.78 Å². The van der Waals surface area contributed by atoms with E-state index in [1.54, 1.807) is 0 Å². The van der Waals surface area contributed by atoms with E-state index < -0.39 is 5.92 Å². The summed E-state index contributed by atoms with van der Waals surface area (Å²) in [5, 5.41) is 11.0. The number of aromatic nitrogens is 1. The van der Waals surface area contributed by atoms with Crippen molar-refractivity contribution in [2.75, 3.05) is 0 Å². The number of nitriles is 1. The summed E-state index contributed by atoms with van der Waals surface area (Å²) in [6.07, 6.45) is 1.17. The van der Waals surface area contributed by atoms with Gasteiger partial charge in [-0.15, -0.1) is 0 Å². The number of Topliss-reactive ketones (excluding diaryl/α,β-unsaturated/α-hetero) is 1. The SMILES string of the molecule is Cn1c2c(c3ccccc31)C[C@H]1[C@@H](C#N)C(=O)C[C@@H]2N1Cc1ccccc1. The molecule has 1 saturated heterocycles. The topological polar surface area (TPSA) is 49.0 Å². The number of para-hydroxylation sites is 1. The van der Waals surface area contributed by atoms with Crippen LogP contribution < -0.4 is 0 Å². The number of nitrogens with zero attached hydrogens (tertiary/aromatic N) is 3. The molecule has 27 heavy (non-hydrogen) atoms. The minimum Gasteiger partial charge on any atom is -0.346 e. The zero-order chi connectivity index (χ0) is 18.5. The first-order valence-corrected chi connectivity index (χ1v) is 9.47. The summed E-state index contributed by atoms with van der Waals surface area (Å²) < 4.78 is 2.25. The quantitative estimate of drug-likeness (QED) is 0.703. The van der Waals surface area contributed by atoms with Crippen LogP contribution in [0.5, 0.6) is 0 Å². The average Bonchev–Trinajstić information content (AvgIpc) is 2.97. The van der Waals surface area contributed by atoms with Gasteiger partial charge in [0.05, 0.1) is 12.1 Å². The van der Waals surface area contributed by atoms with E-state index in [1.165, 1.54) is 27.7 Å². The van der Waals surface area contributed by atoms with Gasteiger partial charge >= 0.3 is 0 Å². The van der Waals surface area contributed by atoms with Crippen LogP contribution in [-0.4, -0.2) is 21.3 Å². The van der Waals surface area contributed by atoms with Gasteiger partial charge in [0.1, 0.15) is 5.92 Å². The lowest BCUT2D eigenvalue weighted by molar-refractivity contribution is -0.130. The summed E-state index contributed by atoms with van der Waals surface area (Å²) in [5.74, 6) is -0.454. The maximum absolute atomic E-state index is 12.7. The van der Waals surface area contributed by atoms with Gasteiger partial charge in [-0.05, 0) is 23.6 Å². The van der Waals surface area contributed by atoms with Crippen molar-refractivity contribution in [1.29, 1.82) is 5.26 Å². The standard InChI is InChI=1S/C23H21N3O/c1-25-19-10-6-5-9-16(19)17-11-20-18(13-24)22(27)12-21(23(17)25)26(20)14-15-7-3-2-4-8-15/h2-10,18,20-21H,11-12,14H2,1H3/t18-,20+,21+/m1/s1. The van der Waals surface area contributed by atoms with E-state index in [0.29, 0.717) is 6.42 Å². The minimum absolute atomic E-state index is 0.0356. The van der Waals surface area contributed by atoms with Gasteiger partial charge in [-0.2, -0.15) is 5.26 Å². The van der Waals surface area contributed by atoms with Crippen LogP contribution in [0, 0.1) is 17.2 Å². The first kappa shape index (κ1) is 16.3. The predicted molar refractivity (Wildman–Crippen MR) is 104 cm³/mol. The van der Waals surface area contributed by atoms with Crippen molar-refractivity contribution in [2.45, 2.75) is 31.5 Å². The lowest BCUT2D eigenvalue weighted by atomic mass is 9.76. The second-order valence-electron chi connectivity index (χ2n) is 7.66. The monoisotopic (exact) mass is 355 g/mol. The van der Waals surface area contributed by atoms with Gasteiger partial charge in [0, 0.05) is 42.7 Å². The molecule has 3 atom stereocenters. The highest BCUT2D eigenvalue weighted by Crippen LogP contribution is 2.46. The number of fused-ring (bicyclic) bond motifs is 6. The largest absolute Gasteiger partial charge is 0.346 e. The van der Waals surface area contributed by atoms with Gasteiger partial charge in [-0.3, -0.25) is 9.69 Å². The van der Waals surface area contributed by atoms with Crippen molar-refractivity contribution in [3.05, 3.63) is 71.4 Å². The molecule has 0 N–H and O–H groups in total. The Morgan fingerprint density at radius 2 is 1.81 bits per heavy atom. The predicted octanol–water partition coefficient (Wildman–Crippen LogP) is 3.76. The molecule has 4 nitrogen and oxygen atoms in total. The lowest BCUT2D eigenvalue weighted by Gasteiger charge is -2.47. The highest BCUT2D eigenvalue weighted by molar-refractivity contribution is 5.90. The molecular weight excluding hydrogens is 334 g/mol. The number of hydrogen-bond donors (Lipinski definition) is 0. The normalized spacial score (nSPS) is 24.6. The molecule has 1 aromatic heterocycles. The number of carbonyl (C=O) groups is 1.